The molecule has 6 aromatic rings. The fraction of sp³-hybridized carbons (Fsp3) is 0.0455. The summed E-state index contributed by atoms with van der Waals surface area (Å²) in [5.74, 6) is -54.0. The molecule has 0 aliphatic carbocycles. The van der Waals surface area contributed by atoms with E-state index in [0.29, 0.717) is 48.6 Å². The molecule has 8 bridgehead atoms. The van der Waals surface area contributed by atoms with Crippen LogP contribution in [0.1, 0.15) is 33.6 Å². The molecule has 0 saturated carbocycles. The lowest BCUT2D eigenvalue weighted by Crippen LogP contribution is -2.43. The Morgan fingerprint density at radius 1 is 0.371 bits per heavy atom. The lowest BCUT2D eigenvalue weighted by atomic mass is 9.86. The van der Waals surface area contributed by atoms with Gasteiger partial charge in [0, 0.05) is 38.8 Å². The van der Waals surface area contributed by atoms with Crippen LogP contribution in [-0.4, -0.2) is 26.4 Å². The van der Waals surface area contributed by atoms with Crippen molar-refractivity contribution in [2.75, 3.05) is 0 Å². The topological polar surface area (TPSA) is 56.3 Å². The third kappa shape index (κ3) is 6.47. The number of rotatable bonds is 4. The quantitative estimate of drug-likeness (QED) is 0.0581. The normalized spacial score (nSPS) is 18.8. The van der Waals surface area contributed by atoms with E-state index < -0.39 is 204 Å². The van der Waals surface area contributed by atoms with Crippen LogP contribution in [0.3, 0.4) is 0 Å². The van der Waals surface area contributed by atoms with Gasteiger partial charge >= 0.3 is 0 Å². The van der Waals surface area contributed by atoms with Crippen molar-refractivity contribution in [2.45, 2.75) is 9.87 Å². The van der Waals surface area contributed by atoms with Gasteiger partial charge in [0.15, 0.2) is 103 Å². The van der Waals surface area contributed by atoms with Crippen molar-refractivity contribution >= 4 is 51.3 Å². The average molecular weight is 1050 g/mol. The third-order valence-electron chi connectivity index (χ3n) is 11.1. The molecule has 2 N–H and O–H groups in total. The number of aromatic amines is 2. The lowest BCUT2D eigenvalue weighted by Gasteiger charge is -2.37. The fourth-order valence-electron chi connectivity index (χ4n) is 7.92. The van der Waals surface area contributed by atoms with Gasteiger partial charge in [-0.05, 0) is 48.6 Å². The van der Waals surface area contributed by atoms with E-state index in [-0.39, 0.29) is 0 Å². The molecule has 4 nitrogen and oxygen atoms in total. The smallest absolute Gasteiger partial charge is 0.200 e. The maximum atomic E-state index is 16.1. The van der Waals surface area contributed by atoms with Gasteiger partial charge in [-0.1, -0.05) is 11.6 Å². The highest BCUT2D eigenvalue weighted by molar-refractivity contribution is 6.41. The standard InChI is InChI=1S/C44H10Cl2F20N4/c45-43-8-7-14(70-43)18(21-27(51)35(59)41(65)36(60)28(21)52)12-4-3-10(68-12)16(19-23(47)31(55)39(63)32(56)24(19)48)9-1-2-11(67-9)17(20-25(49)33(57)40(64)34(58)26(20)50)13-5-6-15(69-13)44(43,46)22-29(53)37(61)42(66)38(62)30(22)54/h1-8,67,69H. The van der Waals surface area contributed by atoms with Gasteiger partial charge in [0.25, 0.3) is 0 Å². The number of fused-ring (bicyclic) bond motifs is 6. The van der Waals surface area contributed by atoms with Crippen LogP contribution in [0.25, 0.3) is 16.7 Å². The number of nitrogens with one attached hydrogen (secondary N) is 2. The van der Waals surface area contributed by atoms with E-state index in [2.05, 4.69) is 20.0 Å². The molecule has 360 valence electrons. The van der Waals surface area contributed by atoms with Crippen molar-refractivity contribution < 1.29 is 87.8 Å². The van der Waals surface area contributed by atoms with Gasteiger partial charge in [0.05, 0.1) is 39.4 Å². The molecule has 0 spiro atoms. The summed E-state index contributed by atoms with van der Waals surface area (Å²) in [7, 11) is 0. The van der Waals surface area contributed by atoms with Crippen LogP contribution in [0.5, 0.6) is 0 Å². The van der Waals surface area contributed by atoms with Crippen molar-refractivity contribution in [2.24, 2.45) is 9.98 Å². The maximum absolute atomic E-state index is 16.1. The molecule has 5 heterocycles. The maximum Gasteiger partial charge on any atom is 0.200 e. The molecule has 9 rings (SSSR count). The van der Waals surface area contributed by atoms with Gasteiger partial charge in [0.1, 0.15) is 0 Å². The van der Waals surface area contributed by atoms with E-state index in [1.807, 2.05) is 0 Å². The van der Waals surface area contributed by atoms with Crippen LogP contribution in [0.2, 0.25) is 0 Å². The number of alkyl halides is 2. The first-order valence-electron chi connectivity index (χ1n) is 18.7. The summed E-state index contributed by atoms with van der Waals surface area (Å²) >= 11 is 13.8. The summed E-state index contributed by atoms with van der Waals surface area (Å²) in [6, 6.07) is 2.23. The van der Waals surface area contributed by atoms with Crippen LogP contribution in [0.4, 0.5) is 87.8 Å². The van der Waals surface area contributed by atoms with E-state index in [9.17, 15) is 35.1 Å². The predicted octanol–water partition coefficient (Wildman–Crippen LogP) is 11.4. The minimum atomic E-state index is -3.77. The Balaban J connectivity index is 1.55. The second kappa shape index (κ2) is 16.2. The van der Waals surface area contributed by atoms with Crippen LogP contribution >= 0.6 is 23.2 Å². The molecule has 0 fully saturated rings. The first-order valence-corrected chi connectivity index (χ1v) is 19.5. The monoisotopic (exact) mass is 1040 g/mol. The molecular weight excluding hydrogens is 1040 g/mol. The minimum Gasteiger partial charge on any atom is -0.356 e. The van der Waals surface area contributed by atoms with Crippen LogP contribution in [0, 0.1) is 116 Å². The first kappa shape index (κ1) is 48.0. The van der Waals surface area contributed by atoms with Gasteiger partial charge in [-0.25, -0.2) is 92.8 Å². The van der Waals surface area contributed by atoms with Crippen molar-refractivity contribution in [3.05, 3.63) is 215 Å². The Morgan fingerprint density at radius 2 is 0.757 bits per heavy atom. The number of halogens is 22. The molecule has 2 aromatic heterocycles. The number of aromatic nitrogens is 2. The zero-order valence-electron chi connectivity index (χ0n) is 32.8. The van der Waals surface area contributed by atoms with E-state index in [1.54, 1.807) is 0 Å². The molecule has 2 unspecified atom stereocenters. The lowest BCUT2D eigenvalue weighted by molar-refractivity contribution is 0.356. The SMILES string of the molecule is Fc1c(F)c(F)c(C2=C3C=CC(=N3)C(c3c(F)c(F)c(F)c(F)c3F)=c3ccc([nH]3)=C(c3c(F)c(F)c(F)c(F)c3F)c3ccc([nH]3)C(Cl)(c3c(F)c(F)c(F)c(F)c3F)C3(Cl)C=CC2=N3)c(F)c1F. The second-order valence-electron chi connectivity index (χ2n) is 14.9. The largest absolute Gasteiger partial charge is 0.356 e. The van der Waals surface area contributed by atoms with Crippen LogP contribution in [-0.2, 0) is 4.87 Å². The van der Waals surface area contributed by atoms with Gasteiger partial charge < -0.3 is 9.97 Å². The third-order valence-corrected chi connectivity index (χ3v) is 12.4. The van der Waals surface area contributed by atoms with E-state index in [4.69, 9.17) is 23.2 Å². The summed E-state index contributed by atoms with van der Waals surface area (Å²) in [5, 5.41) is -1.97. The Hall–Kier alpha value is -7.08. The molecule has 0 radical (unpaired) electrons. The van der Waals surface area contributed by atoms with E-state index >= 15 is 52.7 Å². The van der Waals surface area contributed by atoms with Crippen molar-refractivity contribution in [3.8, 4) is 0 Å². The minimum absolute atomic E-state index is 0.376. The molecule has 3 aliphatic rings. The zero-order chi connectivity index (χ0) is 51.1. The number of allylic oxidation sites excluding steroid dienone is 4. The van der Waals surface area contributed by atoms with Gasteiger partial charge in [0.2, 0.25) is 23.3 Å². The van der Waals surface area contributed by atoms with Gasteiger partial charge in [-0.2, -0.15) is 0 Å². The Morgan fingerprint density at radius 3 is 1.21 bits per heavy atom. The van der Waals surface area contributed by atoms with E-state index in [1.165, 1.54) is 0 Å². The summed E-state index contributed by atoms with van der Waals surface area (Å²) < 4.78 is 305. The molecule has 0 amide bonds. The molecular formula is C44H10Cl2F20N4. The number of benzene rings is 4. The molecule has 0 saturated heterocycles. The fourth-order valence-corrected chi connectivity index (χ4v) is 8.65. The average Bonchev–Trinajstić information content (AvgIpc) is 4.19. The van der Waals surface area contributed by atoms with Gasteiger partial charge in [-0.15, -0.1) is 11.6 Å². The number of aliphatic imine (C=N–C) groups is 2. The van der Waals surface area contributed by atoms with Crippen molar-refractivity contribution in [3.63, 3.8) is 0 Å². The summed E-state index contributed by atoms with van der Waals surface area (Å²) in [4.78, 5) is 4.92. The van der Waals surface area contributed by atoms with Gasteiger partial charge in [-0.3, -0.25) is 4.99 Å². The Kier molecular flexibility index (Phi) is 11.1. The number of H-pyrrole nitrogens is 2. The van der Waals surface area contributed by atoms with Crippen molar-refractivity contribution in [1.82, 2.24) is 9.97 Å². The summed E-state index contributed by atoms with van der Waals surface area (Å²) in [6.45, 7) is 0. The number of hydrogen-bond acceptors (Lipinski definition) is 2. The molecule has 70 heavy (non-hydrogen) atoms. The number of hydrogen-bond donors (Lipinski definition) is 2. The van der Waals surface area contributed by atoms with Crippen LogP contribution in [0.15, 0.2) is 64.3 Å². The molecule has 3 aliphatic heterocycles. The highest BCUT2D eigenvalue weighted by atomic mass is 35.5. The first-order chi connectivity index (χ1) is 32.8. The Labute approximate surface area is 383 Å². The molecule has 26 heteroatoms. The molecule has 2 atom stereocenters. The van der Waals surface area contributed by atoms with Crippen LogP contribution < -0.4 is 10.7 Å². The second-order valence-corrected chi connectivity index (χ2v) is 16.0. The zero-order valence-corrected chi connectivity index (χ0v) is 34.3. The highest BCUT2D eigenvalue weighted by Gasteiger charge is 2.58. The number of nitrogens with zero attached hydrogens (tertiary/aromatic N) is 2. The highest BCUT2D eigenvalue weighted by Crippen LogP contribution is 2.55. The van der Waals surface area contributed by atoms with E-state index in [0.717, 1.165) is 0 Å². The molecule has 4 aromatic carbocycles. The predicted molar refractivity (Wildman–Crippen MR) is 205 cm³/mol. The summed E-state index contributed by atoms with van der Waals surface area (Å²) in [6.07, 6.45) is 1.90. The summed E-state index contributed by atoms with van der Waals surface area (Å²) in [5.41, 5.74) is -17.8. The Bertz CT molecular complexity index is 3600. The van der Waals surface area contributed by atoms with Crippen molar-refractivity contribution in [1.29, 1.82) is 0 Å².